The molecule has 0 unspecified atom stereocenters. The topological polar surface area (TPSA) is 77.0 Å². The molecule has 0 bridgehead atoms. The van der Waals surface area contributed by atoms with Crippen LogP contribution < -0.4 is 10.1 Å². The Morgan fingerprint density at radius 2 is 2.00 bits per heavy atom. The van der Waals surface area contributed by atoms with E-state index >= 15 is 0 Å². The van der Waals surface area contributed by atoms with Crippen LogP contribution in [0.3, 0.4) is 0 Å². The predicted molar refractivity (Wildman–Crippen MR) is 117 cm³/mol. The first kappa shape index (κ1) is 18.8. The average Bonchev–Trinajstić information content (AvgIpc) is 3.17. The van der Waals surface area contributed by atoms with E-state index in [0.29, 0.717) is 11.4 Å². The fourth-order valence-corrected chi connectivity index (χ4v) is 4.14. The van der Waals surface area contributed by atoms with Gasteiger partial charge < -0.3 is 10.1 Å². The first-order chi connectivity index (χ1) is 14.6. The molecule has 6 nitrogen and oxygen atoms in total. The van der Waals surface area contributed by atoms with Gasteiger partial charge in [-0.3, -0.25) is 9.78 Å². The molecule has 150 valence electrons. The monoisotopic (exact) mass is 416 g/mol. The quantitative estimate of drug-likeness (QED) is 0.481. The number of nitrogens with zero attached hydrogens (tertiary/aromatic N) is 3. The van der Waals surface area contributed by atoms with Crippen LogP contribution in [0.15, 0.2) is 55.0 Å². The number of hydrogen-bond donors (Lipinski definition) is 1. The molecule has 1 fully saturated rings. The summed E-state index contributed by atoms with van der Waals surface area (Å²) in [6, 6.07) is 11.7. The molecule has 7 heteroatoms. The molecule has 1 aliphatic rings. The number of benzene rings is 1. The van der Waals surface area contributed by atoms with E-state index in [1.165, 1.54) is 0 Å². The van der Waals surface area contributed by atoms with Crippen molar-refractivity contribution in [3.05, 3.63) is 71.3 Å². The SMILES string of the molecule is Cc1ncc(-c2ccc3cnc(CC(=O)c4ccnc(OC5CNC5)c4)cc3c2)s1. The Hall–Kier alpha value is -3.16. The van der Waals surface area contributed by atoms with E-state index < -0.39 is 0 Å². The zero-order chi connectivity index (χ0) is 20.5. The molecule has 0 atom stereocenters. The second-order valence-corrected chi connectivity index (χ2v) is 8.60. The number of nitrogens with one attached hydrogen (secondary N) is 1. The summed E-state index contributed by atoms with van der Waals surface area (Å²) in [4.78, 5) is 27.0. The summed E-state index contributed by atoms with van der Waals surface area (Å²) < 4.78 is 5.76. The van der Waals surface area contributed by atoms with Gasteiger partial charge in [0, 0.05) is 54.4 Å². The maximum absolute atomic E-state index is 12.8. The van der Waals surface area contributed by atoms with Gasteiger partial charge in [-0.2, -0.15) is 0 Å². The maximum Gasteiger partial charge on any atom is 0.214 e. The van der Waals surface area contributed by atoms with Crippen LogP contribution in [0.25, 0.3) is 21.2 Å². The average molecular weight is 417 g/mol. The minimum Gasteiger partial charge on any atom is -0.472 e. The van der Waals surface area contributed by atoms with E-state index in [9.17, 15) is 4.79 Å². The maximum atomic E-state index is 12.8. The number of carbonyl (C=O) groups excluding carboxylic acids is 1. The molecule has 0 aliphatic carbocycles. The molecule has 0 amide bonds. The Morgan fingerprint density at radius 3 is 2.77 bits per heavy atom. The summed E-state index contributed by atoms with van der Waals surface area (Å²) in [5.74, 6) is 0.485. The highest BCUT2D eigenvalue weighted by atomic mass is 32.1. The highest BCUT2D eigenvalue weighted by Gasteiger charge is 2.19. The minimum atomic E-state index is -0.00456. The van der Waals surface area contributed by atoms with Crippen molar-refractivity contribution in [2.75, 3.05) is 13.1 Å². The van der Waals surface area contributed by atoms with Crippen molar-refractivity contribution >= 4 is 27.9 Å². The number of Topliss-reactive ketones (excluding diaryl/α,β-unsaturated/α-hetero) is 1. The molecule has 1 N–H and O–H groups in total. The van der Waals surface area contributed by atoms with E-state index in [-0.39, 0.29) is 18.3 Å². The number of aryl methyl sites for hydroxylation is 1. The second-order valence-electron chi connectivity index (χ2n) is 7.36. The fraction of sp³-hybridized carbons (Fsp3) is 0.217. The number of thiazole rings is 1. The van der Waals surface area contributed by atoms with Crippen LogP contribution in [0, 0.1) is 6.92 Å². The van der Waals surface area contributed by atoms with Crippen LogP contribution in [0.5, 0.6) is 5.88 Å². The number of ether oxygens (including phenoxy) is 1. The Bertz CT molecular complexity index is 1230. The number of rotatable bonds is 6. The highest BCUT2D eigenvalue weighted by molar-refractivity contribution is 7.15. The van der Waals surface area contributed by atoms with Gasteiger partial charge in [-0.1, -0.05) is 12.1 Å². The number of aromatic nitrogens is 3. The lowest BCUT2D eigenvalue weighted by Crippen LogP contribution is -2.50. The lowest BCUT2D eigenvalue weighted by Gasteiger charge is -2.27. The summed E-state index contributed by atoms with van der Waals surface area (Å²) in [6.07, 6.45) is 5.70. The predicted octanol–water partition coefficient (Wildman–Crippen LogP) is 3.84. The third-order valence-corrected chi connectivity index (χ3v) is 6.08. The lowest BCUT2D eigenvalue weighted by molar-refractivity contribution is 0.0989. The first-order valence-electron chi connectivity index (χ1n) is 9.82. The largest absolute Gasteiger partial charge is 0.472 e. The van der Waals surface area contributed by atoms with Crippen molar-refractivity contribution in [2.45, 2.75) is 19.4 Å². The Labute approximate surface area is 178 Å². The molecular weight excluding hydrogens is 396 g/mol. The number of carbonyl (C=O) groups is 1. The summed E-state index contributed by atoms with van der Waals surface area (Å²) in [5, 5.41) is 6.30. The normalized spacial score (nSPS) is 13.9. The van der Waals surface area contributed by atoms with E-state index in [1.54, 1.807) is 29.7 Å². The van der Waals surface area contributed by atoms with Gasteiger partial charge in [-0.15, -0.1) is 11.3 Å². The van der Waals surface area contributed by atoms with E-state index in [2.05, 4.69) is 38.5 Å². The number of pyridine rings is 2. The van der Waals surface area contributed by atoms with Crippen molar-refractivity contribution in [3.63, 3.8) is 0 Å². The second kappa shape index (κ2) is 7.93. The van der Waals surface area contributed by atoms with E-state index in [0.717, 1.165) is 45.0 Å². The Kier molecular flexibility index (Phi) is 4.98. The zero-order valence-electron chi connectivity index (χ0n) is 16.5. The summed E-state index contributed by atoms with van der Waals surface area (Å²) in [5.41, 5.74) is 2.45. The van der Waals surface area contributed by atoms with Crippen molar-refractivity contribution in [1.82, 2.24) is 20.3 Å². The summed E-state index contributed by atoms with van der Waals surface area (Å²) in [6.45, 7) is 3.62. The van der Waals surface area contributed by atoms with E-state index in [1.807, 2.05) is 25.4 Å². The van der Waals surface area contributed by atoms with Gasteiger partial charge in [-0.05, 0) is 36.1 Å². The molecule has 1 aliphatic heterocycles. The molecule has 0 saturated carbocycles. The lowest BCUT2D eigenvalue weighted by atomic mass is 10.0. The molecular formula is C23H20N4O2S. The molecule has 1 saturated heterocycles. The van der Waals surface area contributed by atoms with Gasteiger partial charge in [0.05, 0.1) is 16.3 Å². The van der Waals surface area contributed by atoms with Crippen LogP contribution in [0.2, 0.25) is 0 Å². The van der Waals surface area contributed by atoms with Gasteiger partial charge in [0.1, 0.15) is 6.10 Å². The molecule has 0 spiro atoms. The molecule has 0 radical (unpaired) electrons. The summed E-state index contributed by atoms with van der Waals surface area (Å²) in [7, 11) is 0. The van der Waals surface area contributed by atoms with Crippen molar-refractivity contribution in [2.24, 2.45) is 0 Å². The van der Waals surface area contributed by atoms with Crippen molar-refractivity contribution < 1.29 is 9.53 Å². The smallest absolute Gasteiger partial charge is 0.214 e. The van der Waals surface area contributed by atoms with Gasteiger partial charge >= 0.3 is 0 Å². The van der Waals surface area contributed by atoms with Crippen LogP contribution >= 0.6 is 11.3 Å². The summed E-state index contributed by atoms with van der Waals surface area (Å²) >= 11 is 1.67. The van der Waals surface area contributed by atoms with Crippen molar-refractivity contribution in [3.8, 4) is 16.3 Å². The van der Waals surface area contributed by atoms with Crippen LogP contribution in [0.1, 0.15) is 21.1 Å². The third-order valence-electron chi connectivity index (χ3n) is 5.11. The van der Waals surface area contributed by atoms with Crippen molar-refractivity contribution in [1.29, 1.82) is 0 Å². The Morgan fingerprint density at radius 1 is 1.10 bits per heavy atom. The van der Waals surface area contributed by atoms with Gasteiger partial charge in [0.15, 0.2) is 5.78 Å². The molecule has 30 heavy (non-hydrogen) atoms. The minimum absolute atomic E-state index is 0.00456. The number of hydrogen-bond acceptors (Lipinski definition) is 7. The Balaban J connectivity index is 1.36. The third kappa shape index (κ3) is 3.94. The first-order valence-corrected chi connectivity index (χ1v) is 10.6. The molecule has 4 heterocycles. The van der Waals surface area contributed by atoms with Gasteiger partial charge in [0.25, 0.3) is 0 Å². The molecule has 5 rings (SSSR count). The molecule has 4 aromatic rings. The highest BCUT2D eigenvalue weighted by Crippen LogP contribution is 2.29. The van der Waals surface area contributed by atoms with Crippen LogP contribution in [0.4, 0.5) is 0 Å². The van der Waals surface area contributed by atoms with Gasteiger partial charge in [-0.25, -0.2) is 9.97 Å². The van der Waals surface area contributed by atoms with E-state index in [4.69, 9.17) is 4.74 Å². The van der Waals surface area contributed by atoms with Crippen LogP contribution in [-0.4, -0.2) is 39.9 Å². The fourth-order valence-electron chi connectivity index (χ4n) is 3.36. The standard InChI is InChI=1S/C23H20N4O2S/c1-14-26-13-22(30-14)16-2-3-17-10-27-19(7-18(17)6-16)9-21(28)15-4-5-25-23(8-15)29-20-11-24-12-20/h2-8,10,13,20,24H,9,11-12H2,1H3. The molecule has 3 aromatic heterocycles. The van der Waals surface area contributed by atoms with Crippen LogP contribution in [-0.2, 0) is 6.42 Å². The zero-order valence-corrected chi connectivity index (χ0v) is 17.3. The number of fused-ring (bicyclic) bond motifs is 1. The van der Waals surface area contributed by atoms with Gasteiger partial charge in [0.2, 0.25) is 5.88 Å². The number of ketones is 1. The molecule has 1 aromatic carbocycles.